The Labute approximate surface area is 434 Å². The van der Waals surface area contributed by atoms with E-state index in [1.807, 2.05) is 170 Å². The average Bonchev–Trinajstić information content (AvgIpc) is 4.01. The topological polar surface area (TPSA) is 33.6 Å². The molecule has 10 aromatic carbocycles. The SMILES string of the molecule is Cc1ccccc1-c1ccc2c(c1)c1cc(-c3ccccc3C)ccc1n2-c1cc(-c2cc(C(F)(F)F)cc(C(F)(F)F)c2)c(-n2c3ccc(-c4ccccc4C)cc3c3cc(-c4ccccc4C)ccc32)cc1C#N. The van der Waals surface area contributed by atoms with Crippen LogP contribution in [0.15, 0.2) is 200 Å². The Bertz CT molecular complexity index is 4150. The molecule has 0 radical (unpaired) electrons. The lowest BCUT2D eigenvalue weighted by molar-refractivity contribution is -0.143. The first-order valence-electron chi connectivity index (χ1n) is 24.8. The van der Waals surface area contributed by atoms with Crippen molar-refractivity contribution in [1.82, 2.24) is 9.13 Å². The van der Waals surface area contributed by atoms with Crippen molar-refractivity contribution in [2.75, 3.05) is 0 Å². The van der Waals surface area contributed by atoms with Crippen molar-refractivity contribution in [2.24, 2.45) is 0 Å². The van der Waals surface area contributed by atoms with Crippen LogP contribution in [0.25, 0.3) is 111 Å². The molecule has 76 heavy (non-hydrogen) atoms. The first-order valence-corrected chi connectivity index (χ1v) is 24.8. The summed E-state index contributed by atoms with van der Waals surface area (Å²) in [5, 5.41) is 14.7. The molecular weight excluding hydrogens is 961 g/mol. The van der Waals surface area contributed by atoms with Crippen LogP contribution in [-0.4, -0.2) is 9.13 Å². The van der Waals surface area contributed by atoms with E-state index in [-0.39, 0.29) is 34.1 Å². The highest BCUT2D eigenvalue weighted by Crippen LogP contribution is 2.46. The van der Waals surface area contributed by atoms with Gasteiger partial charge in [-0.25, -0.2) is 0 Å². The number of rotatable bonds is 7. The van der Waals surface area contributed by atoms with Crippen LogP contribution in [0.4, 0.5) is 26.3 Å². The lowest BCUT2D eigenvalue weighted by Gasteiger charge is -2.21. The summed E-state index contributed by atoms with van der Waals surface area (Å²) in [4.78, 5) is 0. The maximum Gasteiger partial charge on any atom is 0.416 e. The number of aryl methyl sites for hydroxylation is 4. The zero-order chi connectivity index (χ0) is 52.8. The summed E-state index contributed by atoms with van der Waals surface area (Å²) in [6.45, 7) is 8.15. The van der Waals surface area contributed by atoms with E-state index in [0.29, 0.717) is 22.1 Å². The predicted octanol–water partition coefficient (Wildman–Crippen LogP) is 19.4. The molecule has 0 atom stereocenters. The second-order valence-corrected chi connectivity index (χ2v) is 19.7. The summed E-state index contributed by atoms with van der Waals surface area (Å²) in [6.07, 6.45) is -10.3. The van der Waals surface area contributed by atoms with Gasteiger partial charge < -0.3 is 9.13 Å². The first-order chi connectivity index (χ1) is 36.5. The van der Waals surface area contributed by atoms with Gasteiger partial charge in [0.15, 0.2) is 0 Å². The molecular formula is C67H45F6N3. The first kappa shape index (κ1) is 47.8. The van der Waals surface area contributed by atoms with Gasteiger partial charge >= 0.3 is 12.4 Å². The van der Waals surface area contributed by atoms with Crippen molar-refractivity contribution in [3.05, 3.63) is 239 Å². The number of hydrogen-bond donors (Lipinski definition) is 0. The van der Waals surface area contributed by atoms with Crippen LogP contribution in [0.1, 0.15) is 38.9 Å². The van der Waals surface area contributed by atoms with Gasteiger partial charge in [0.2, 0.25) is 0 Å². The predicted molar refractivity (Wildman–Crippen MR) is 296 cm³/mol. The molecule has 9 heteroatoms. The van der Waals surface area contributed by atoms with E-state index in [9.17, 15) is 31.6 Å². The fraction of sp³-hybridized carbons (Fsp3) is 0.0896. The number of nitrogens with zero attached hydrogens (tertiary/aromatic N) is 3. The summed E-state index contributed by atoms with van der Waals surface area (Å²) < 4.78 is 93.6. The summed E-state index contributed by atoms with van der Waals surface area (Å²) >= 11 is 0. The van der Waals surface area contributed by atoms with Gasteiger partial charge in [-0.2, -0.15) is 31.6 Å². The molecule has 370 valence electrons. The van der Waals surface area contributed by atoms with E-state index < -0.39 is 23.5 Å². The molecule has 0 saturated carbocycles. The van der Waals surface area contributed by atoms with E-state index in [1.165, 1.54) is 0 Å². The molecule has 0 bridgehead atoms. The smallest absolute Gasteiger partial charge is 0.309 e. The molecule has 12 rings (SSSR count). The Morgan fingerprint density at radius 2 is 0.645 bits per heavy atom. The van der Waals surface area contributed by atoms with Crippen LogP contribution in [-0.2, 0) is 12.4 Å². The molecule has 0 N–H and O–H groups in total. The number of benzene rings is 10. The van der Waals surface area contributed by atoms with E-state index in [2.05, 4.69) is 42.5 Å². The summed E-state index contributed by atoms with van der Waals surface area (Å²) in [6, 6.07) is 63.6. The van der Waals surface area contributed by atoms with E-state index in [1.54, 1.807) is 12.1 Å². The monoisotopic (exact) mass is 1010 g/mol. The maximum atomic E-state index is 15.0. The minimum absolute atomic E-state index is 0.0541. The Morgan fingerprint density at radius 3 is 0.947 bits per heavy atom. The summed E-state index contributed by atoms with van der Waals surface area (Å²) in [5.41, 5.74) is 12.2. The number of nitriles is 1. The molecule has 0 aliphatic heterocycles. The summed E-state index contributed by atoms with van der Waals surface area (Å²) in [7, 11) is 0. The van der Waals surface area contributed by atoms with Crippen molar-refractivity contribution < 1.29 is 26.3 Å². The van der Waals surface area contributed by atoms with Crippen molar-refractivity contribution in [1.29, 1.82) is 5.26 Å². The van der Waals surface area contributed by atoms with E-state index in [4.69, 9.17) is 0 Å². The lowest BCUT2D eigenvalue weighted by atomic mass is 9.95. The van der Waals surface area contributed by atoms with Crippen LogP contribution in [0, 0.1) is 39.0 Å². The zero-order valence-electron chi connectivity index (χ0n) is 41.7. The molecule has 3 nitrogen and oxygen atoms in total. The van der Waals surface area contributed by atoms with Gasteiger partial charge in [-0.05, 0) is 179 Å². The number of fused-ring (bicyclic) bond motifs is 6. The Balaban J connectivity index is 1.20. The van der Waals surface area contributed by atoms with Crippen molar-refractivity contribution in [3.8, 4) is 73.1 Å². The fourth-order valence-corrected chi connectivity index (χ4v) is 11.2. The van der Waals surface area contributed by atoms with Crippen molar-refractivity contribution in [3.63, 3.8) is 0 Å². The Hall–Kier alpha value is -9.13. The molecule has 2 aromatic heterocycles. The third kappa shape index (κ3) is 8.09. The Kier molecular flexibility index (Phi) is 11.4. The summed E-state index contributed by atoms with van der Waals surface area (Å²) in [5.74, 6) is 0. The van der Waals surface area contributed by atoms with Crippen LogP contribution < -0.4 is 0 Å². The molecule has 0 fully saturated rings. The molecule has 12 aromatic rings. The third-order valence-electron chi connectivity index (χ3n) is 15.0. The molecule has 2 heterocycles. The minimum atomic E-state index is -5.13. The van der Waals surface area contributed by atoms with Gasteiger partial charge in [0.05, 0.1) is 50.1 Å². The quantitative estimate of drug-likeness (QED) is 0.147. The van der Waals surface area contributed by atoms with Gasteiger partial charge in [0.25, 0.3) is 0 Å². The van der Waals surface area contributed by atoms with Gasteiger partial charge in [-0.15, -0.1) is 0 Å². The second kappa shape index (κ2) is 18.1. The highest BCUT2D eigenvalue weighted by atomic mass is 19.4. The maximum absolute atomic E-state index is 15.0. The second-order valence-electron chi connectivity index (χ2n) is 19.7. The minimum Gasteiger partial charge on any atom is -0.309 e. The van der Waals surface area contributed by atoms with Gasteiger partial charge in [0.1, 0.15) is 6.07 Å². The van der Waals surface area contributed by atoms with Crippen LogP contribution >= 0.6 is 0 Å². The van der Waals surface area contributed by atoms with Crippen LogP contribution in [0.5, 0.6) is 0 Å². The van der Waals surface area contributed by atoms with E-state index in [0.717, 1.165) is 100 Å². The highest BCUT2D eigenvalue weighted by Gasteiger charge is 2.38. The number of hydrogen-bond acceptors (Lipinski definition) is 1. The van der Waals surface area contributed by atoms with Crippen LogP contribution in [0.2, 0.25) is 0 Å². The molecule has 0 aliphatic carbocycles. The van der Waals surface area contributed by atoms with Crippen molar-refractivity contribution in [2.45, 2.75) is 40.0 Å². The molecule has 0 aliphatic rings. The van der Waals surface area contributed by atoms with Gasteiger partial charge in [-0.1, -0.05) is 121 Å². The molecule has 0 spiro atoms. The largest absolute Gasteiger partial charge is 0.416 e. The third-order valence-corrected chi connectivity index (χ3v) is 15.0. The number of alkyl halides is 6. The van der Waals surface area contributed by atoms with Crippen LogP contribution in [0.3, 0.4) is 0 Å². The molecule has 0 saturated heterocycles. The van der Waals surface area contributed by atoms with Crippen molar-refractivity contribution >= 4 is 43.6 Å². The molecule has 0 unspecified atom stereocenters. The normalized spacial score (nSPS) is 12.1. The standard InChI is InChI=1S/C67H45F6N3/c1-39-13-5-9-17-51(39)43-21-25-60-56(31-43)57-32-44(52-18-10-6-14-40(52)2)22-26-61(57)75(60)64-37-55(47-29-49(66(68,69)70)36-50(30-47)67(71,72)73)65(35-48(64)38-74)76-62-27-23-45(53-19-11-7-15-41(53)3)33-58(62)59-34-46(24-28-63(59)76)54-20-12-8-16-42(54)4/h5-37H,1-4H3. The lowest BCUT2D eigenvalue weighted by Crippen LogP contribution is -2.11. The number of halogens is 6. The average molecular weight is 1010 g/mol. The fourth-order valence-electron chi connectivity index (χ4n) is 11.2. The number of aromatic nitrogens is 2. The molecule has 0 amide bonds. The van der Waals surface area contributed by atoms with E-state index >= 15 is 0 Å². The highest BCUT2D eigenvalue weighted by molar-refractivity contribution is 6.14. The zero-order valence-corrected chi connectivity index (χ0v) is 41.7. The van der Waals surface area contributed by atoms with Gasteiger partial charge in [-0.3, -0.25) is 0 Å². The Morgan fingerprint density at radius 1 is 0.329 bits per heavy atom. The van der Waals surface area contributed by atoms with Gasteiger partial charge in [0, 0.05) is 27.1 Å².